The fourth-order valence-electron chi connectivity index (χ4n) is 2.88. The highest BCUT2D eigenvalue weighted by molar-refractivity contribution is 7.91. The number of carbonyl (C=O) groups excluding carboxylic acids is 2. The van der Waals surface area contributed by atoms with Crippen LogP contribution >= 0.6 is 0 Å². The van der Waals surface area contributed by atoms with Crippen molar-refractivity contribution in [2.45, 2.75) is 9.79 Å². The van der Waals surface area contributed by atoms with Crippen molar-refractivity contribution < 1.29 is 22.7 Å². The molecule has 0 atom stereocenters. The largest absolute Gasteiger partial charge is 0.619 e. The van der Waals surface area contributed by atoms with E-state index in [0.717, 1.165) is 6.20 Å². The Morgan fingerprint density at radius 2 is 1.90 bits per heavy atom. The highest BCUT2D eigenvalue weighted by Gasteiger charge is 2.30. The number of ketones is 1. The number of nitrogens with zero attached hydrogens (tertiary/aromatic N) is 3. The van der Waals surface area contributed by atoms with Gasteiger partial charge in [0.05, 0.1) is 16.1 Å². The Kier molecular flexibility index (Phi) is 4.34. The number of sulfone groups is 1. The molecule has 0 saturated heterocycles. The van der Waals surface area contributed by atoms with E-state index in [1.54, 1.807) is 18.1 Å². The lowest BCUT2D eigenvalue weighted by Crippen LogP contribution is -2.42. The maximum atomic E-state index is 12.9. The Labute approximate surface area is 165 Å². The molecule has 10 heteroatoms. The van der Waals surface area contributed by atoms with E-state index in [9.17, 15) is 23.2 Å². The number of rotatable bonds is 3. The molecule has 3 heterocycles. The summed E-state index contributed by atoms with van der Waals surface area (Å²) in [6.45, 7) is 0. The van der Waals surface area contributed by atoms with Gasteiger partial charge < -0.3 is 5.21 Å². The first-order chi connectivity index (χ1) is 13.9. The number of Topliss-reactive ketones (excluding diaryl/α,β-unsaturated/α-hetero) is 1. The number of hydrogen-bond donors (Lipinski definition) is 1. The number of nitrogens with one attached hydrogen (secondary N) is 1. The van der Waals surface area contributed by atoms with Gasteiger partial charge in [0.2, 0.25) is 15.6 Å². The zero-order chi connectivity index (χ0) is 20.6. The minimum absolute atomic E-state index is 0.0750. The van der Waals surface area contributed by atoms with Crippen LogP contribution in [0.4, 0.5) is 11.5 Å². The predicted octanol–water partition coefficient (Wildman–Crippen LogP) is 1.10. The van der Waals surface area contributed by atoms with Gasteiger partial charge >= 0.3 is 0 Å². The normalized spacial score (nSPS) is 13.4. The van der Waals surface area contributed by atoms with Gasteiger partial charge in [-0.2, -0.15) is 4.73 Å². The summed E-state index contributed by atoms with van der Waals surface area (Å²) < 4.78 is 26.2. The predicted molar refractivity (Wildman–Crippen MR) is 100 cm³/mol. The van der Waals surface area contributed by atoms with E-state index in [1.807, 2.05) is 0 Å². The number of carbonyl (C=O) groups is 1. The second-order valence-electron chi connectivity index (χ2n) is 6.03. The molecule has 29 heavy (non-hydrogen) atoms. The Morgan fingerprint density at radius 1 is 1.10 bits per heavy atom. The first-order valence-corrected chi connectivity index (χ1v) is 9.76. The summed E-state index contributed by atoms with van der Waals surface area (Å²) in [6.07, 6.45) is 3.61. The Bertz CT molecular complexity index is 1300. The molecule has 0 aliphatic carbocycles. The zero-order valence-electron chi connectivity index (χ0n) is 14.6. The minimum Gasteiger partial charge on any atom is -0.619 e. The zero-order valence-corrected chi connectivity index (χ0v) is 15.5. The summed E-state index contributed by atoms with van der Waals surface area (Å²) in [4.78, 5) is 27.4. The van der Waals surface area contributed by atoms with E-state index in [4.69, 9.17) is 0 Å². The Hall–Kier alpha value is -4.01. The summed E-state index contributed by atoms with van der Waals surface area (Å²) in [5, 5.41) is 12.8. The molecule has 0 unspecified atom stereocenters. The third-order valence-electron chi connectivity index (χ3n) is 4.24. The SMILES string of the molecule is O=C=C1NN(c2cccc(S(=O)(=O)c3ccc[n+]([O-])c3)c2)c2ncccc2C1=O. The van der Waals surface area contributed by atoms with Crippen molar-refractivity contribution in [3.8, 4) is 0 Å². The van der Waals surface area contributed by atoms with Crippen molar-refractivity contribution in [2.75, 3.05) is 5.01 Å². The molecule has 1 N–H and O–H groups in total. The smallest absolute Gasteiger partial charge is 0.225 e. The molecule has 4 rings (SSSR count). The Morgan fingerprint density at radius 3 is 2.66 bits per heavy atom. The number of benzene rings is 1. The standard InChI is InChI=1S/C19H12N4O5S/c24-12-17-18(25)16-7-2-8-20-19(16)23(21-17)13-4-1-5-14(10-13)29(27,28)15-6-3-9-22(26)11-15/h1-11,21H. The van der Waals surface area contributed by atoms with Crippen LogP contribution in [0.1, 0.15) is 10.4 Å². The van der Waals surface area contributed by atoms with Crippen molar-refractivity contribution in [3.63, 3.8) is 0 Å². The average molecular weight is 408 g/mol. The summed E-state index contributed by atoms with van der Waals surface area (Å²) in [6, 6.07) is 11.5. The second-order valence-corrected chi connectivity index (χ2v) is 7.98. The van der Waals surface area contributed by atoms with E-state index in [2.05, 4.69) is 10.4 Å². The van der Waals surface area contributed by atoms with Crippen molar-refractivity contribution in [1.29, 1.82) is 0 Å². The maximum Gasteiger partial charge on any atom is 0.225 e. The van der Waals surface area contributed by atoms with Gasteiger partial charge in [-0.05, 0) is 36.4 Å². The first kappa shape index (κ1) is 18.4. The molecule has 3 aromatic rings. The van der Waals surface area contributed by atoms with Crippen LogP contribution in [0.5, 0.6) is 0 Å². The molecule has 2 aromatic heterocycles. The van der Waals surface area contributed by atoms with Crippen LogP contribution < -0.4 is 15.2 Å². The van der Waals surface area contributed by atoms with Gasteiger partial charge in [-0.15, -0.1) is 0 Å². The molecule has 1 aromatic carbocycles. The molecule has 0 amide bonds. The van der Waals surface area contributed by atoms with Gasteiger partial charge in [-0.25, -0.2) is 23.2 Å². The highest BCUT2D eigenvalue weighted by atomic mass is 32.2. The van der Waals surface area contributed by atoms with Gasteiger partial charge in [0, 0.05) is 12.3 Å². The van der Waals surface area contributed by atoms with Crippen LogP contribution in [0.25, 0.3) is 0 Å². The minimum atomic E-state index is -3.98. The lowest BCUT2D eigenvalue weighted by molar-refractivity contribution is -0.607. The fourth-order valence-corrected chi connectivity index (χ4v) is 4.18. The van der Waals surface area contributed by atoms with Gasteiger partial charge in [-0.1, -0.05) is 6.07 Å². The second kappa shape index (κ2) is 6.86. The maximum absolute atomic E-state index is 12.9. The fraction of sp³-hybridized carbons (Fsp3) is 0. The average Bonchev–Trinajstić information content (AvgIpc) is 2.74. The van der Waals surface area contributed by atoms with E-state index in [0.29, 0.717) is 10.4 Å². The van der Waals surface area contributed by atoms with Crippen LogP contribution in [-0.4, -0.2) is 25.1 Å². The third-order valence-corrected chi connectivity index (χ3v) is 5.98. The molecule has 1 aliphatic heterocycles. The Balaban J connectivity index is 1.83. The van der Waals surface area contributed by atoms with E-state index >= 15 is 0 Å². The molecular formula is C19H12N4O5S. The summed E-state index contributed by atoms with van der Waals surface area (Å²) >= 11 is 0. The molecule has 0 fully saturated rings. The molecular weight excluding hydrogens is 396 g/mol. The van der Waals surface area contributed by atoms with Crippen LogP contribution in [0.2, 0.25) is 0 Å². The van der Waals surface area contributed by atoms with E-state index in [-0.39, 0.29) is 26.9 Å². The topological polar surface area (TPSA) is 123 Å². The van der Waals surface area contributed by atoms with Crippen molar-refractivity contribution in [1.82, 2.24) is 10.4 Å². The van der Waals surface area contributed by atoms with Gasteiger partial charge in [0.25, 0.3) is 0 Å². The van der Waals surface area contributed by atoms with Crippen LogP contribution in [0.3, 0.4) is 0 Å². The lowest BCUT2D eigenvalue weighted by atomic mass is 10.1. The van der Waals surface area contributed by atoms with Crippen LogP contribution in [-0.2, 0) is 14.6 Å². The van der Waals surface area contributed by atoms with Crippen molar-refractivity contribution in [2.24, 2.45) is 0 Å². The molecule has 0 radical (unpaired) electrons. The highest BCUT2D eigenvalue weighted by Crippen LogP contribution is 2.32. The summed E-state index contributed by atoms with van der Waals surface area (Å²) in [5.74, 6) is 1.20. The van der Waals surface area contributed by atoms with Crippen LogP contribution in [0.15, 0.2) is 82.6 Å². The quantitative estimate of drug-likeness (QED) is 0.296. The number of hydrogen-bond acceptors (Lipinski definition) is 8. The number of anilines is 2. The first-order valence-electron chi connectivity index (χ1n) is 8.27. The van der Waals surface area contributed by atoms with Gasteiger partial charge in [0.1, 0.15) is 4.90 Å². The monoisotopic (exact) mass is 408 g/mol. The number of pyridine rings is 2. The molecule has 144 valence electrons. The third kappa shape index (κ3) is 3.12. The molecule has 0 bridgehead atoms. The molecule has 0 saturated carbocycles. The number of aromatic nitrogens is 2. The van der Waals surface area contributed by atoms with Crippen LogP contribution in [0, 0.1) is 5.21 Å². The van der Waals surface area contributed by atoms with Gasteiger partial charge in [0.15, 0.2) is 29.8 Å². The van der Waals surface area contributed by atoms with Gasteiger partial charge in [-0.3, -0.25) is 10.2 Å². The number of fused-ring (bicyclic) bond motifs is 1. The van der Waals surface area contributed by atoms with E-state index in [1.165, 1.54) is 53.8 Å². The summed E-state index contributed by atoms with van der Waals surface area (Å²) in [5.41, 5.74) is 2.78. The molecule has 0 spiro atoms. The summed E-state index contributed by atoms with van der Waals surface area (Å²) in [7, 11) is -3.98. The molecule has 9 nitrogen and oxygen atoms in total. The molecule has 1 aliphatic rings. The van der Waals surface area contributed by atoms with E-state index < -0.39 is 15.6 Å². The van der Waals surface area contributed by atoms with Crippen molar-refractivity contribution >= 4 is 33.1 Å². The number of hydrazine groups is 1. The van der Waals surface area contributed by atoms with Crippen molar-refractivity contribution in [3.05, 3.63) is 83.6 Å². The lowest BCUT2D eigenvalue weighted by Gasteiger charge is -2.30. The number of allylic oxidation sites excluding steroid dienone is 1.